The van der Waals surface area contributed by atoms with Gasteiger partial charge in [-0.05, 0) is 77.0 Å². The number of allylic oxidation sites excluding steroid dienone is 4. The number of aliphatic hydroxyl groups excluding tert-OH is 1. The smallest absolute Gasteiger partial charge is 0.462 e. The molecule has 0 saturated carbocycles. The standard InChI is InChI=1S/C75H142O17P2/c1-5-9-13-17-21-25-29-33-34-38-42-46-50-54-58-62-75(80)92-71(66-86-73(78)60-56-52-48-44-40-36-31-27-23-19-15-11-7-3)68-90-94(83,84)88-64-69(76)63-87-93(81,82)89-67-70(91-74(79)61-57-53-49-45-41-37-32-28-24-20-16-12-8-4)65-85-72(77)59-55-51-47-43-39-35-30-26-22-18-14-10-6-2/h25-26,29-30,69-71,76H,5-24,27-28,31-68H2,1-4H3,(H,81,82)(H,83,84)/b29-25-,30-26-/t69-,70-,71-/m1/s1. The van der Waals surface area contributed by atoms with Crippen molar-refractivity contribution < 1.29 is 80.2 Å². The molecular weight excluding hydrogens is 1230 g/mol. The minimum atomic E-state index is -4.96. The second-order valence-electron chi connectivity index (χ2n) is 26.3. The number of unbranched alkanes of at least 4 members (excludes halogenated alkanes) is 44. The van der Waals surface area contributed by atoms with E-state index in [0.29, 0.717) is 25.7 Å². The molecular formula is C75H142O17P2. The highest BCUT2D eigenvalue weighted by Crippen LogP contribution is 2.45. The van der Waals surface area contributed by atoms with Gasteiger partial charge in [0.05, 0.1) is 26.4 Å². The first-order valence-electron chi connectivity index (χ1n) is 38.6. The number of carbonyl (C=O) groups is 4. The minimum Gasteiger partial charge on any atom is -0.462 e. The topological polar surface area (TPSA) is 237 Å². The van der Waals surface area contributed by atoms with E-state index in [1.807, 2.05) is 0 Å². The molecule has 0 bridgehead atoms. The van der Waals surface area contributed by atoms with Gasteiger partial charge in [-0.1, -0.05) is 296 Å². The summed E-state index contributed by atoms with van der Waals surface area (Å²) in [6.45, 7) is 4.92. The molecule has 0 aliphatic heterocycles. The molecule has 0 aromatic rings. The van der Waals surface area contributed by atoms with Gasteiger partial charge in [0.2, 0.25) is 0 Å². The number of ether oxygens (including phenoxy) is 4. The Hall–Kier alpha value is -2.46. The number of esters is 4. The highest BCUT2D eigenvalue weighted by Gasteiger charge is 2.30. The molecule has 17 nitrogen and oxygen atoms in total. The van der Waals surface area contributed by atoms with Crippen LogP contribution in [0.15, 0.2) is 24.3 Å². The predicted molar refractivity (Wildman–Crippen MR) is 381 cm³/mol. The van der Waals surface area contributed by atoms with Crippen LogP contribution in [0.2, 0.25) is 0 Å². The molecule has 0 saturated heterocycles. The lowest BCUT2D eigenvalue weighted by Crippen LogP contribution is -2.30. The molecule has 94 heavy (non-hydrogen) atoms. The monoisotopic (exact) mass is 1380 g/mol. The molecule has 0 aliphatic rings. The molecule has 0 fully saturated rings. The van der Waals surface area contributed by atoms with Gasteiger partial charge in [0.15, 0.2) is 12.2 Å². The zero-order valence-corrected chi connectivity index (χ0v) is 62.2. The Labute approximate surface area is 573 Å². The molecule has 19 heteroatoms. The van der Waals surface area contributed by atoms with Crippen molar-refractivity contribution in [3.05, 3.63) is 24.3 Å². The fourth-order valence-electron chi connectivity index (χ4n) is 11.0. The van der Waals surface area contributed by atoms with Gasteiger partial charge in [-0.25, -0.2) is 9.13 Å². The van der Waals surface area contributed by atoms with Crippen molar-refractivity contribution in [1.29, 1.82) is 0 Å². The third-order valence-corrected chi connectivity index (χ3v) is 18.8. The second-order valence-corrected chi connectivity index (χ2v) is 29.2. The third kappa shape index (κ3) is 68.1. The zero-order chi connectivity index (χ0) is 69.0. The maximum atomic E-state index is 13.1. The molecule has 0 rings (SSSR count). The molecule has 0 radical (unpaired) electrons. The van der Waals surface area contributed by atoms with Crippen molar-refractivity contribution in [1.82, 2.24) is 0 Å². The zero-order valence-electron chi connectivity index (χ0n) is 60.4. The number of hydrogen-bond donors (Lipinski definition) is 3. The van der Waals surface area contributed by atoms with Crippen molar-refractivity contribution in [2.45, 2.75) is 393 Å². The fourth-order valence-corrected chi connectivity index (χ4v) is 12.6. The van der Waals surface area contributed by atoms with E-state index in [2.05, 4.69) is 52.0 Å². The van der Waals surface area contributed by atoms with E-state index in [1.54, 1.807) is 0 Å². The fraction of sp³-hybridized carbons (Fsp3) is 0.893. The Kier molecular flexibility index (Phi) is 67.2. The Bertz CT molecular complexity index is 1880. The summed E-state index contributed by atoms with van der Waals surface area (Å²) >= 11 is 0. The maximum absolute atomic E-state index is 13.1. The van der Waals surface area contributed by atoms with Crippen LogP contribution in [0.3, 0.4) is 0 Å². The van der Waals surface area contributed by atoms with Crippen molar-refractivity contribution in [3.8, 4) is 0 Å². The van der Waals surface area contributed by atoms with E-state index in [0.717, 1.165) is 135 Å². The van der Waals surface area contributed by atoms with Crippen LogP contribution in [0.1, 0.15) is 374 Å². The summed E-state index contributed by atoms with van der Waals surface area (Å²) in [4.78, 5) is 72.8. The molecule has 0 aliphatic carbocycles. The Morgan fingerprint density at radius 3 is 0.745 bits per heavy atom. The lowest BCUT2D eigenvalue weighted by molar-refractivity contribution is -0.161. The first kappa shape index (κ1) is 91.5. The first-order chi connectivity index (χ1) is 45.7. The number of carbonyl (C=O) groups excluding carboxylic acids is 4. The molecule has 2 unspecified atom stereocenters. The van der Waals surface area contributed by atoms with Gasteiger partial charge < -0.3 is 33.8 Å². The van der Waals surface area contributed by atoms with E-state index >= 15 is 0 Å². The molecule has 0 aromatic carbocycles. The van der Waals surface area contributed by atoms with Crippen LogP contribution >= 0.6 is 15.6 Å². The highest BCUT2D eigenvalue weighted by atomic mass is 31.2. The predicted octanol–water partition coefficient (Wildman–Crippen LogP) is 21.8. The Balaban J connectivity index is 5.29. The SMILES string of the molecule is CCCCCC/C=C\CCCCCCCCCC(=O)O[C@H](COC(=O)CCCCCCCCCCCCCCC)COP(=O)(O)OC[C@H](O)COP(=O)(O)OC[C@@H](COC(=O)CCCCCCC/C=C\CCCCCC)OC(=O)CCCCCCCCCCCCCCC. The summed E-state index contributed by atoms with van der Waals surface area (Å²) < 4.78 is 68.5. The van der Waals surface area contributed by atoms with Crippen LogP contribution in [0, 0.1) is 0 Å². The van der Waals surface area contributed by atoms with Crippen LogP contribution in [0.4, 0.5) is 0 Å². The van der Waals surface area contributed by atoms with Crippen LogP contribution in [-0.2, 0) is 65.4 Å². The molecule has 0 amide bonds. The van der Waals surface area contributed by atoms with Crippen molar-refractivity contribution in [2.24, 2.45) is 0 Å². The molecule has 3 N–H and O–H groups in total. The van der Waals surface area contributed by atoms with Gasteiger partial charge in [0.1, 0.15) is 19.3 Å². The maximum Gasteiger partial charge on any atom is 0.472 e. The third-order valence-electron chi connectivity index (χ3n) is 16.9. The van der Waals surface area contributed by atoms with Crippen molar-refractivity contribution in [3.63, 3.8) is 0 Å². The Morgan fingerprint density at radius 2 is 0.489 bits per heavy atom. The number of phosphoric acid groups is 2. The van der Waals surface area contributed by atoms with Crippen LogP contribution in [-0.4, -0.2) is 96.7 Å². The number of hydrogen-bond acceptors (Lipinski definition) is 15. The van der Waals surface area contributed by atoms with Gasteiger partial charge in [-0.2, -0.15) is 0 Å². The lowest BCUT2D eigenvalue weighted by atomic mass is 10.0. The largest absolute Gasteiger partial charge is 0.472 e. The average Bonchev–Trinajstić information content (AvgIpc) is 2.26. The van der Waals surface area contributed by atoms with Gasteiger partial charge in [-0.15, -0.1) is 0 Å². The van der Waals surface area contributed by atoms with E-state index in [4.69, 9.17) is 37.0 Å². The average molecular weight is 1380 g/mol. The number of aliphatic hydroxyl groups is 1. The van der Waals surface area contributed by atoms with Crippen molar-refractivity contribution in [2.75, 3.05) is 39.6 Å². The van der Waals surface area contributed by atoms with Gasteiger partial charge in [0, 0.05) is 25.7 Å². The second kappa shape index (κ2) is 69.0. The molecule has 554 valence electrons. The quantitative estimate of drug-likeness (QED) is 0.0169. The summed E-state index contributed by atoms with van der Waals surface area (Å²) in [6, 6.07) is 0. The van der Waals surface area contributed by atoms with E-state index in [1.165, 1.54) is 161 Å². The molecule has 0 heterocycles. The molecule has 0 aromatic heterocycles. The van der Waals surface area contributed by atoms with E-state index < -0.39 is 97.5 Å². The lowest BCUT2D eigenvalue weighted by Gasteiger charge is -2.21. The summed E-state index contributed by atoms with van der Waals surface area (Å²) in [7, 11) is -9.92. The van der Waals surface area contributed by atoms with Gasteiger partial charge in [0.25, 0.3) is 0 Å². The molecule has 5 atom stereocenters. The van der Waals surface area contributed by atoms with E-state index in [-0.39, 0.29) is 25.7 Å². The summed E-state index contributed by atoms with van der Waals surface area (Å²) in [6.07, 6.45) is 61.6. The first-order valence-corrected chi connectivity index (χ1v) is 41.6. The molecule has 0 spiro atoms. The van der Waals surface area contributed by atoms with Crippen LogP contribution < -0.4 is 0 Å². The highest BCUT2D eigenvalue weighted by molar-refractivity contribution is 7.47. The normalized spacial score (nSPS) is 14.1. The number of phosphoric ester groups is 2. The van der Waals surface area contributed by atoms with Crippen LogP contribution in [0.25, 0.3) is 0 Å². The summed E-state index contributed by atoms with van der Waals surface area (Å²) in [5.74, 6) is -2.14. The van der Waals surface area contributed by atoms with Gasteiger partial charge in [-0.3, -0.25) is 37.3 Å². The minimum absolute atomic E-state index is 0.0986. The Morgan fingerprint density at radius 1 is 0.287 bits per heavy atom. The van der Waals surface area contributed by atoms with Crippen molar-refractivity contribution >= 4 is 39.5 Å². The number of rotatable bonds is 74. The van der Waals surface area contributed by atoms with E-state index in [9.17, 15) is 43.2 Å². The summed E-state index contributed by atoms with van der Waals surface area (Å²) in [5.41, 5.74) is 0. The van der Waals surface area contributed by atoms with Crippen LogP contribution in [0.5, 0.6) is 0 Å². The van der Waals surface area contributed by atoms with Gasteiger partial charge >= 0.3 is 39.5 Å². The summed E-state index contributed by atoms with van der Waals surface area (Å²) in [5, 5.41) is 10.6.